The zero-order valence-corrected chi connectivity index (χ0v) is 13.3. The maximum Gasteiger partial charge on any atom is 0.324 e. The van der Waals surface area contributed by atoms with Gasteiger partial charge in [-0.3, -0.25) is 5.32 Å². The summed E-state index contributed by atoms with van der Waals surface area (Å²) in [5, 5.41) is 5.99. The molecule has 0 fully saturated rings. The third-order valence-electron chi connectivity index (χ3n) is 2.69. The van der Waals surface area contributed by atoms with E-state index in [4.69, 9.17) is 11.6 Å². The van der Waals surface area contributed by atoms with Crippen LogP contribution in [-0.2, 0) is 0 Å². The summed E-state index contributed by atoms with van der Waals surface area (Å²) < 4.78 is 0.897. The van der Waals surface area contributed by atoms with Crippen LogP contribution in [0.25, 0.3) is 0 Å². The molecule has 0 aliphatic rings. The summed E-state index contributed by atoms with van der Waals surface area (Å²) in [6.07, 6.45) is 0. The minimum atomic E-state index is -0.362. The van der Waals surface area contributed by atoms with E-state index in [2.05, 4.69) is 31.5 Å². The van der Waals surface area contributed by atoms with Crippen molar-refractivity contribution in [3.63, 3.8) is 0 Å². The van der Waals surface area contributed by atoms with Crippen LogP contribution in [0.3, 0.4) is 0 Å². The van der Waals surface area contributed by atoms with Gasteiger partial charge in [-0.1, -0.05) is 17.7 Å². The molecule has 0 saturated carbocycles. The number of halogens is 2. The van der Waals surface area contributed by atoms with E-state index in [0.717, 1.165) is 15.7 Å². The van der Waals surface area contributed by atoms with Crippen molar-refractivity contribution in [1.82, 2.24) is 4.98 Å². The molecular weight excluding hydrogens is 342 g/mol. The predicted molar refractivity (Wildman–Crippen MR) is 85.5 cm³/mol. The Labute approximate surface area is 130 Å². The lowest BCUT2D eigenvalue weighted by molar-refractivity contribution is 0.262. The molecule has 0 aliphatic carbocycles. The molecule has 1 aromatic heterocycles. The summed E-state index contributed by atoms with van der Waals surface area (Å²) in [4.78, 5) is 16.1. The molecule has 2 rings (SSSR count). The average Bonchev–Trinajstić information content (AvgIpc) is 2.38. The Morgan fingerprint density at radius 1 is 1.20 bits per heavy atom. The lowest BCUT2D eigenvalue weighted by Crippen LogP contribution is -2.20. The van der Waals surface area contributed by atoms with Crippen molar-refractivity contribution in [3.05, 3.63) is 51.1 Å². The Morgan fingerprint density at radius 3 is 2.60 bits per heavy atom. The quantitative estimate of drug-likeness (QED) is 0.817. The van der Waals surface area contributed by atoms with Crippen LogP contribution in [0.2, 0.25) is 5.02 Å². The zero-order chi connectivity index (χ0) is 14.7. The van der Waals surface area contributed by atoms with Crippen molar-refractivity contribution in [2.45, 2.75) is 13.8 Å². The van der Waals surface area contributed by atoms with Crippen molar-refractivity contribution in [2.24, 2.45) is 0 Å². The molecule has 0 unspecified atom stereocenters. The highest BCUT2D eigenvalue weighted by Gasteiger charge is 2.06. The fraction of sp³-hybridized carbons (Fsp3) is 0.143. The number of hydrogen-bond donors (Lipinski definition) is 2. The minimum absolute atomic E-state index is 0.362. The Morgan fingerprint density at radius 2 is 1.95 bits per heavy atom. The molecule has 4 nitrogen and oxygen atoms in total. The Bertz CT molecular complexity index is 605. The molecule has 2 amide bonds. The Hall–Kier alpha value is -1.59. The number of amides is 2. The van der Waals surface area contributed by atoms with Crippen molar-refractivity contribution < 1.29 is 4.79 Å². The third kappa shape index (κ3) is 3.71. The average molecular weight is 355 g/mol. The third-order valence-corrected chi connectivity index (χ3v) is 3.94. The number of benzene rings is 1. The van der Waals surface area contributed by atoms with Gasteiger partial charge in [0, 0.05) is 15.2 Å². The smallest absolute Gasteiger partial charge is 0.308 e. The lowest BCUT2D eigenvalue weighted by Gasteiger charge is -2.09. The van der Waals surface area contributed by atoms with Crippen LogP contribution < -0.4 is 10.6 Å². The molecule has 0 atom stereocenters. The number of aryl methyl sites for hydroxylation is 2. The van der Waals surface area contributed by atoms with Gasteiger partial charge in [-0.25, -0.2) is 9.78 Å². The second kappa shape index (κ2) is 6.24. The van der Waals surface area contributed by atoms with Crippen molar-refractivity contribution in [2.75, 3.05) is 10.6 Å². The van der Waals surface area contributed by atoms with Crippen LogP contribution >= 0.6 is 27.5 Å². The maximum absolute atomic E-state index is 11.9. The zero-order valence-electron chi connectivity index (χ0n) is 11.0. The number of carbonyl (C=O) groups excluding carboxylic acids is 1. The summed E-state index contributed by atoms with van der Waals surface area (Å²) in [6, 6.07) is 8.54. The number of nitrogens with one attached hydrogen (secondary N) is 2. The van der Waals surface area contributed by atoms with Crippen LogP contribution in [0.15, 0.2) is 34.8 Å². The molecule has 2 aromatic rings. The molecule has 0 saturated heterocycles. The highest BCUT2D eigenvalue weighted by Crippen LogP contribution is 2.20. The lowest BCUT2D eigenvalue weighted by atomic mass is 10.2. The fourth-order valence-corrected chi connectivity index (χ4v) is 1.96. The van der Waals surface area contributed by atoms with Crippen LogP contribution in [0, 0.1) is 13.8 Å². The van der Waals surface area contributed by atoms with Gasteiger partial charge in [0.25, 0.3) is 0 Å². The van der Waals surface area contributed by atoms with E-state index in [1.54, 1.807) is 18.2 Å². The summed E-state index contributed by atoms with van der Waals surface area (Å²) in [5.74, 6) is 0.487. The van der Waals surface area contributed by atoms with Gasteiger partial charge in [-0.15, -0.1) is 0 Å². The van der Waals surface area contributed by atoms with Gasteiger partial charge in [-0.2, -0.15) is 0 Å². The standard InChI is InChI=1S/C14H13BrClN3O/c1-8-3-4-10(7-12(8)16)18-14(20)19-13-6-5-11(15)9(2)17-13/h3-7H,1-2H3,(H2,17,18,19,20). The molecule has 1 heterocycles. The number of pyridine rings is 1. The maximum atomic E-state index is 11.9. The van der Waals surface area contributed by atoms with Gasteiger partial charge >= 0.3 is 6.03 Å². The molecular formula is C14H13BrClN3O. The minimum Gasteiger partial charge on any atom is -0.308 e. The highest BCUT2D eigenvalue weighted by molar-refractivity contribution is 9.10. The molecule has 2 N–H and O–H groups in total. The molecule has 6 heteroatoms. The molecule has 1 aromatic carbocycles. The Kier molecular flexibility index (Phi) is 4.62. The first-order valence-electron chi connectivity index (χ1n) is 5.93. The van der Waals surface area contributed by atoms with Crippen molar-refractivity contribution >= 4 is 45.1 Å². The first kappa shape index (κ1) is 14.8. The SMILES string of the molecule is Cc1ccc(NC(=O)Nc2ccc(Br)c(C)n2)cc1Cl. The molecule has 20 heavy (non-hydrogen) atoms. The highest BCUT2D eigenvalue weighted by atomic mass is 79.9. The van der Waals surface area contributed by atoms with Crippen molar-refractivity contribution in [1.29, 1.82) is 0 Å². The van der Waals surface area contributed by atoms with E-state index in [1.165, 1.54) is 0 Å². The summed E-state index contributed by atoms with van der Waals surface area (Å²) in [6.45, 7) is 3.76. The van der Waals surface area contributed by atoms with Crippen LogP contribution in [0.5, 0.6) is 0 Å². The van der Waals surface area contributed by atoms with Crippen LogP contribution in [0.1, 0.15) is 11.3 Å². The molecule has 0 aliphatic heterocycles. The number of nitrogens with zero attached hydrogens (tertiary/aromatic N) is 1. The van der Waals surface area contributed by atoms with Crippen molar-refractivity contribution in [3.8, 4) is 0 Å². The monoisotopic (exact) mass is 353 g/mol. The number of urea groups is 1. The van der Waals surface area contributed by atoms with Gasteiger partial charge in [-0.05, 0) is 59.6 Å². The van der Waals surface area contributed by atoms with Gasteiger partial charge in [0.1, 0.15) is 5.82 Å². The molecule has 104 valence electrons. The largest absolute Gasteiger partial charge is 0.324 e. The summed E-state index contributed by atoms with van der Waals surface area (Å²) in [7, 11) is 0. The van der Waals surface area contributed by atoms with E-state index in [0.29, 0.717) is 16.5 Å². The van der Waals surface area contributed by atoms with E-state index < -0.39 is 0 Å². The summed E-state index contributed by atoms with van der Waals surface area (Å²) in [5.41, 5.74) is 2.40. The normalized spacial score (nSPS) is 10.2. The van der Waals surface area contributed by atoms with E-state index in [-0.39, 0.29) is 6.03 Å². The van der Waals surface area contributed by atoms with Gasteiger partial charge < -0.3 is 5.32 Å². The van der Waals surface area contributed by atoms with E-state index >= 15 is 0 Å². The van der Waals surface area contributed by atoms with Gasteiger partial charge in [0.15, 0.2) is 0 Å². The fourth-order valence-electron chi connectivity index (χ4n) is 1.56. The molecule has 0 spiro atoms. The van der Waals surface area contributed by atoms with Crippen LogP contribution in [-0.4, -0.2) is 11.0 Å². The number of anilines is 2. The number of carbonyl (C=O) groups is 1. The summed E-state index contributed by atoms with van der Waals surface area (Å²) >= 11 is 9.36. The first-order valence-corrected chi connectivity index (χ1v) is 7.10. The molecule has 0 bridgehead atoms. The van der Waals surface area contributed by atoms with Gasteiger partial charge in [0.2, 0.25) is 0 Å². The van der Waals surface area contributed by atoms with Crippen LogP contribution in [0.4, 0.5) is 16.3 Å². The van der Waals surface area contributed by atoms with E-state index in [9.17, 15) is 4.79 Å². The first-order chi connectivity index (χ1) is 9.45. The second-order valence-corrected chi connectivity index (χ2v) is 5.57. The predicted octanol–water partition coefficient (Wildman–Crippen LogP) is 4.76. The number of aromatic nitrogens is 1. The number of hydrogen-bond acceptors (Lipinski definition) is 2. The molecule has 0 radical (unpaired) electrons. The van der Waals surface area contributed by atoms with E-state index in [1.807, 2.05) is 26.0 Å². The number of rotatable bonds is 2. The second-order valence-electron chi connectivity index (χ2n) is 4.31. The Balaban J connectivity index is 2.04. The topological polar surface area (TPSA) is 54.0 Å². The van der Waals surface area contributed by atoms with Gasteiger partial charge in [0.05, 0.1) is 5.69 Å².